The highest BCUT2D eigenvalue weighted by Crippen LogP contribution is 2.24. The monoisotopic (exact) mass is 437 g/mol. The van der Waals surface area contributed by atoms with Crippen molar-refractivity contribution in [2.45, 2.75) is 12.8 Å². The van der Waals surface area contributed by atoms with E-state index in [0.29, 0.717) is 24.5 Å². The summed E-state index contributed by atoms with van der Waals surface area (Å²) in [6.07, 6.45) is 3.22. The van der Waals surface area contributed by atoms with Crippen molar-refractivity contribution < 1.29 is 9.59 Å². The fraction of sp³-hybridized carbons (Fsp3) is 0.227. The van der Waals surface area contributed by atoms with Crippen molar-refractivity contribution in [3.63, 3.8) is 0 Å². The summed E-state index contributed by atoms with van der Waals surface area (Å²) < 4.78 is 0.857. The molecule has 0 spiro atoms. The highest BCUT2D eigenvalue weighted by molar-refractivity contribution is 9.10. The Morgan fingerprint density at radius 2 is 1.89 bits per heavy atom. The average molecular weight is 438 g/mol. The van der Waals surface area contributed by atoms with Gasteiger partial charge >= 0.3 is 0 Å². The molecule has 1 atom stereocenters. The predicted octanol–water partition coefficient (Wildman–Crippen LogP) is 4.49. The zero-order chi connectivity index (χ0) is 19.5. The number of anilines is 1. The van der Waals surface area contributed by atoms with Crippen LogP contribution in [0.3, 0.4) is 0 Å². The van der Waals surface area contributed by atoms with E-state index in [1.54, 1.807) is 17.2 Å². The van der Waals surface area contributed by atoms with Gasteiger partial charge in [0.25, 0.3) is 5.91 Å². The molecule has 1 unspecified atom stereocenters. The van der Waals surface area contributed by atoms with Crippen LogP contribution in [0, 0.1) is 5.92 Å². The van der Waals surface area contributed by atoms with Gasteiger partial charge in [0.15, 0.2) is 0 Å². The normalized spacial score (nSPS) is 16.8. The number of benzene rings is 2. The molecule has 28 heavy (non-hydrogen) atoms. The molecule has 1 fully saturated rings. The number of halogens is 1. The van der Waals surface area contributed by atoms with Gasteiger partial charge in [0, 0.05) is 29.3 Å². The summed E-state index contributed by atoms with van der Waals surface area (Å²) in [6.45, 7) is 1.09. The lowest BCUT2D eigenvalue weighted by atomic mass is 9.95. The molecule has 0 saturated carbocycles. The second-order valence-corrected chi connectivity index (χ2v) is 7.88. The van der Waals surface area contributed by atoms with Gasteiger partial charge in [-0.2, -0.15) is 0 Å². The number of nitrogens with zero attached hydrogens (tertiary/aromatic N) is 2. The number of carbonyl (C=O) groups excluding carboxylic acids is 2. The van der Waals surface area contributed by atoms with Crippen LogP contribution in [0.1, 0.15) is 23.2 Å². The van der Waals surface area contributed by atoms with Crippen LogP contribution in [0.5, 0.6) is 0 Å². The Balaban J connectivity index is 1.49. The van der Waals surface area contributed by atoms with Crippen LogP contribution in [-0.4, -0.2) is 34.8 Å². The third-order valence-corrected chi connectivity index (χ3v) is 5.55. The van der Waals surface area contributed by atoms with Crippen molar-refractivity contribution in [2.75, 3.05) is 18.4 Å². The highest BCUT2D eigenvalue weighted by atomic mass is 79.9. The largest absolute Gasteiger partial charge is 0.338 e. The molecule has 3 aromatic rings. The smallest absolute Gasteiger partial charge is 0.254 e. The molecule has 142 valence electrons. The van der Waals surface area contributed by atoms with E-state index in [2.05, 4.69) is 26.2 Å². The Kier molecular flexibility index (Phi) is 5.39. The number of pyridine rings is 1. The molecule has 4 rings (SSSR count). The number of hydrogen-bond donors (Lipinski definition) is 1. The van der Waals surface area contributed by atoms with E-state index in [1.165, 1.54) is 0 Å². The van der Waals surface area contributed by atoms with E-state index >= 15 is 0 Å². The Labute approximate surface area is 171 Å². The number of aromatic nitrogens is 1. The molecule has 2 aromatic carbocycles. The van der Waals surface area contributed by atoms with Gasteiger partial charge in [-0.3, -0.25) is 9.59 Å². The van der Waals surface area contributed by atoms with Crippen molar-refractivity contribution in [1.82, 2.24) is 9.88 Å². The average Bonchev–Trinajstić information content (AvgIpc) is 2.74. The molecule has 1 aliphatic heterocycles. The topological polar surface area (TPSA) is 62.3 Å². The molecule has 2 heterocycles. The quantitative estimate of drug-likeness (QED) is 0.656. The number of rotatable bonds is 3. The van der Waals surface area contributed by atoms with Crippen LogP contribution < -0.4 is 5.32 Å². The van der Waals surface area contributed by atoms with Crippen LogP contribution in [0.4, 0.5) is 5.82 Å². The number of piperidine rings is 1. The number of amides is 2. The summed E-state index contributed by atoms with van der Waals surface area (Å²) in [5.41, 5.74) is 0.689. The van der Waals surface area contributed by atoms with Gasteiger partial charge in [-0.25, -0.2) is 4.98 Å². The van der Waals surface area contributed by atoms with Crippen molar-refractivity contribution in [3.05, 3.63) is 70.8 Å². The molecule has 0 bridgehead atoms. The lowest BCUT2D eigenvalue weighted by molar-refractivity contribution is -0.121. The first kappa shape index (κ1) is 18.6. The third kappa shape index (κ3) is 3.92. The van der Waals surface area contributed by atoms with Gasteiger partial charge in [-0.15, -0.1) is 0 Å². The fourth-order valence-electron chi connectivity index (χ4n) is 3.64. The molecule has 5 nitrogen and oxygen atoms in total. The molecule has 6 heteroatoms. The highest BCUT2D eigenvalue weighted by Gasteiger charge is 2.29. The maximum atomic E-state index is 13.2. The van der Waals surface area contributed by atoms with E-state index in [4.69, 9.17) is 0 Å². The lowest BCUT2D eigenvalue weighted by Crippen LogP contribution is -2.43. The van der Waals surface area contributed by atoms with Crippen LogP contribution in [0.2, 0.25) is 0 Å². The van der Waals surface area contributed by atoms with Gasteiger partial charge in [0.2, 0.25) is 5.91 Å². The molecule has 0 aliphatic carbocycles. The second kappa shape index (κ2) is 8.10. The van der Waals surface area contributed by atoms with Crippen LogP contribution in [-0.2, 0) is 4.79 Å². The Hall–Kier alpha value is -2.73. The maximum absolute atomic E-state index is 13.2. The summed E-state index contributed by atoms with van der Waals surface area (Å²) in [7, 11) is 0. The summed E-state index contributed by atoms with van der Waals surface area (Å²) in [5.74, 6) is 0.171. The van der Waals surface area contributed by atoms with Gasteiger partial charge < -0.3 is 10.2 Å². The van der Waals surface area contributed by atoms with Crippen molar-refractivity contribution in [2.24, 2.45) is 5.92 Å². The molecule has 1 saturated heterocycles. The fourth-order valence-corrected chi connectivity index (χ4v) is 3.87. The van der Waals surface area contributed by atoms with Crippen LogP contribution in [0.25, 0.3) is 10.8 Å². The van der Waals surface area contributed by atoms with Crippen LogP contribution in [0.15, 0.2) is 65.3 Å². The third-order valence-electron chi connectivity index (χ3n) is 5.08. The Morgan fingerprint density at radius 1 is 1.07 bits per heavy atom. The predicted molar refractivity (Wildman–Crippen MR) is 113 cm³/mol. The van der Waals surface area contributed by atoms with Gasteiger partial charge in [0.1, 0.15) is 5.82 Å². The summed E-state index contributed by atoms with van der Waals surface area (Å²) in [6, 6.07) is 17.2. The van der Waals surface area contributed by atoms with E-state index in [1.807, 2.05) is 48.5 Å². The Morgan fingerprint density at radius 3 is 2.71 bits per heavy atom. The minimum absolute atomic E-state index is 0.0175. The van der Waals surface area contributed by atoms with Crippen LogP contribution >= 0.6 is 15.9 Å². The van der Waals surface area contributed by atoms with Gasteiger partial charge in [-0.1, -0.05) is 36.4 Å². The molecule has 1 aliphatic rings. The summed E-state index contributed by atoms with van der Waals surface area (Å²) in [5, 5.41) is 4.85. The van der Waals surface area contributed by atoms with Gasteiger partial charge in [-0.05, 0) is 57.7 Å². The standard InChI is InChI=1S/C22H20BrN3O2/c23-17-10-11-20(24-13-17)25-21(27)16-7-4-12-26(14-16)22(28)19-9-3-6-15-5-1-2-8-18(15)19/h1-3,5-6,8-11,13,16H,4,7,12,14H2,(H,24,25,27). The van der Waals surface area contributed by atoms with Crippen molar-refractivity contribution >= 4 is 44.3 Å². The Bertz CT molecular complexity index is 1010. The first-order valence-corrected chi connectivity index (χ1v) is 10.1. The summed E-state index contributed by atoms with van der Waals surface area (Å²) in [4.78, 5) is 31.8. The molecule has 1 aromatic heterocycles. The zero-order valence-electron chi connectivity index (χ0n) is 15.3. The maximum Gasteiger partial charge on any atom is 0.254 e. The van der Waals surface area contributed by atoms with E-state index in [9.17, 15) is 9.59 Å². The van der Waals surface area contributed by atoms with Gasteiger partial charge in [0.05, 0.1) is 5.92 Å². The zero-order valence-corrected chi connectivity index (χ0v) is 16.9. The summed E-state index contributed by atoms with van der Waals surface area (Å²) >= 11 is 3.33. The molecule has 0 radical (unpaired) electrons. The van der Waals surface area contributed by atoms with E-state index < -0.39 is 0 Å². The molecule has 1 N–H and O–H groups in total. The number of hydrogen-bond acceptors (Lipinski definition) is 3. The first-order chi connectivity index (χ1) is 13.6. The minimum Gasteiger partial charge on any atom is -0.338 e. The first-order valence-electron chi connectivity index (χ1n) is 9.31. The second-order valence-electron chi connectivity index (χ2n) is 6.97. The molecular formula is C22H20BrN3O2. The number of likely N-dealkylation sites (tertiary alicyclic amines) is 1. The van der Waals surface area contributed by atoms with E-state index in [0.717, 1.165) is 28.1 Å². The lowest BCUT2D eigenvalue weighted by Gasteiger charge is -2.32. The van der Waals surface area contributed by atoms with Crippen molar-refractivity contribution in [3.8, 4) is 0 Å². The number of nitrogens with one attached hydrogen (secondary N) is 1. The van der Waals surface area contributed by atoms with E-state index in [-0.39, 0.29) is 17.7 Å². The minimum atomic E-state index is -0.238. The molecule has 2 amide bonds. The van der Waals surface area contributed by atoms with Crippen molar-refractivity contribution in [1.29, 1.82) is 0 Å². The SMILES string of the molecule is O=C(Nc1ccc(Br)cn1)C1CCCN(C(=O)c2cccc3ccccc23)C1. The molecular weight excluding hydrogens is 418 g/mol. The number of carbonyl (C=O) groups is 2. The number of fused-ring (bicyclic) bond motifs is 1.